The van der Waals surface area contributed by atoms with E-state index < -0.39 is 12.0 Å². The highest BCUT2D eigenvalue weighted by molar-refractivity contribution is 5.88. The van der Waals surface area contributed by atoms with Crippen LogP contribution in [0.2, 0.25) is 0 Å². The minimum absolute atomic E-state index is 0.262. The number of hydrogen-bond donors (Lipinski definition) is 1. The summed E-state index contributed by atoms with van der Waals surface area (Å²) in [4.78, 5) is 13.0. The molecule has 0 aliphatic rings. The summed E-state index contributed by atoms with van der Waals surface area (Å²) < 4.78 is 26.9. The van der Waals surface area contributed by atoms with E-state index in [0.29, 0.717) is 29.4 Å². The molecule has 0 spiro atoms. The zero-order chi connectivity index (χ0) is 23.6. The van der Waals surface area contributed by atoms with Gasteiger partial charge in [-0.05, 0) is 34.5 Å². The molecule has 3 aromatic rings. The minimum atomic E-state index is -0.846. The molecule has 0 saturated heterocycles. The van der Waals surface area contributed by atoms with Crippen LogP contribution < -0.4 is 19.6 Å². The van der Waals surface area contributed by atoms with Gasteiger partial charge in [-0.3, -0.25) is 4.79 Å². The highest BCUT2D eigenvalue weighted by Crippen LogP contribution is 2.37. The number of nitrogens with zero attached hydrogens (tertiary/aromatic N) is 1. The topological polar surface area (TPSA) is 87.6 Å². The number of benzene rings is 3. The van der Waals surface area contributed by atoms with E-state index in [1.165, 1.54) is 27.5 Å². The Labute approximate surface area is 193 Å². The smallest absolute Gasteiger partial charge is 0.273 e. The first-order valence-electron chi connectivity index (χ1n) is 10.3. The summed E-state index contributed by atoms with van der Waals surface area (Å²) in [5.74, 6) is 1.05. The fraction of sp³-hybridized carbons (Fsp3) is 0.280. The van der Waals surface area contributed by atoms with Crippen LogP contribution in [0, 0.1) is 0 Å². The van der Waals surface area contributed by atoms with Gasteiger partial charge in [0.25, 0.3) is 5.91 Å². The van der Waals surface area contributed by atoms with Crippen molar-refractivity contribution in [3.05, 3.63) is 65.7 Å². The van der Waals surface area contributed by atoms with Crippen LogP contribution in [0.15, 0.2) is 59.7 Å². The largest absolute Gasteiger partial charge is 0.493 e. The molecular formula is C25H28N2O6. The predicted octanol–water partition coefficient (Wildman–Crippen LogP) is 3.72. The van der Waals surface area contributed by atoms with Gasteiger partial charge in [-0.15, -0.1) is 0 Å². The third kappa shape index (κ3) is 6.00. The number of ether oxygens (including phenoxy) is 5. The van der Waals surface area contributed by atoms with Crippen LogP contribution in [0.3, 0.4) is 0 Å². The Hall–Kier alpha value is -3.62. The van der Waals surface area contributed by atoms with Crippen LogP contribution in [0.25, 0.3) is 10.8 Å². The van der Waals surface area contributed by atoms with Gasteiger partial charge in [0.1, 0.15) is 0 Å². The summed E-state index contributed by atoms with van der Waals surface area (Å²) in [5.41, 5.74) is 3.95. The molecule has 1 amide bonds. The van der Waals surface area contributed by atoms with Crippen LogP contribution in [-0.2, 0) is 14.3 Å². The molecule has 8 heteroatoms. The Morgan fingerprint density at radius 2 is 1.61 bits per heavy atom. The van der Waals surface area contributed by atoms with E-state index in [4.69, 9.17) is 23.7 Å². The van der Waals surface area contributed by atoms with Gasteiger partial charge in [0.2, 0.25) is 5.75 Å². The Morgan fingerprint density at radius 3 is 2.24 bits per heavy atom. The second kappa shape index (κ2) is 11.8. The van der Waals surface area contributed by atoms with Crippen LogP contribution >= 0.6 is 0 Å². The second-order valence-corrected chi connectivity index (χ2v) is 7.04. The first-order valence-corrected chi connectivity index (χ1v) is 10.3. The molecule has 0 heterocycles. The van der Waals surface area contributed by atoms with Gasteiger partial charge in [-0.1, -0.05) is 36.4 Å². The van der Waals surface area contributed by atoms with Crippen molar-refractivity contribution in [2.75, 3.05) is 41.7 Å². The Bertz CT molecular complexity index is 1090. The van der Waals surface area contributed by atoms with Crippen molar-refractivity contribution in [3.63, 3.8) is 0 Å². The number of hydrazone groups is 1. The molecule has 0 aliphatic carbocycles. The van der Waals surface area contributed by atoms with Gasteiger partial charge in [0.05, 0.1) is 40.8 Å². The van der Waals surface area contributed by atoms with Gasteiger partial charge in [0.15, 0.2) is 17.6 Å². The first-order chi connectivity index (χ1) is 16.1. The number of methoxy groups -OCH3 is 4. The van der Waals surface area contributed by atoms with Crippen LogP contribution in [0.5, 0.6) is 17.2 Å². The number of carbonyl (C=O) groups is 1. The maximum Gasteiger partial charge on any atom is 0.273 e. The molecule has 0 aromatic heterocycles. The Kier molecular flexibility index (Phi) is 8.63. The van der Waals surface area contributed by atoms with Gasteiger partial charge in [-0.2, -0.15) is 5.10 Å². The molecule has 3 rings (SSSR count). The molecule has 0 fully saturated rings. The van der Waals surface area contributed by atoms with Crippen molar-refractivity contribution in [2.24, 2.45) is 5.10 Å². The van der Waals surface area contributed by atoms with E-state index in [1.807, 2.05) is 42.5 Å². The molecule has 0 saturated carbocycles. The average Bonchev–Trinajstić information content (AvgIpc) is 2.85. The quantitative estimate of drug-likeness (QED) is 0.271. The van der Waals surface area contributed by atoms with Crippen molar-refractivity contribution in [3.8, 4) is 17.2 Å². The summed E-state index contributed by atoms with van der Waals surface area (Å²) in [5, 5.41) is 6.20. The van der Waals surface area contributed by atoms with E-state index in [0.717, 1.165) is 16.3 Å². The molecule has 1 N–H and O–H groups in total. The SMILES string of the molecule is COCCOC(C(=O)N/N=C/c1cc(OC)c(OC)c(OC)c1)c1ccc2ccccc2c1. The van der Waals surface area contributed by atoms with E-state index in [-0.39, 0.29) is 6.61 Å². The highest BCUT2D eigenvalue weighted by Gasteiger charge is 2.21. The lowest BCUT2D eigenvalue weighted by Gasteiger charge is -2.17. The van der Waals surface area contributed by atoms with Crippen molar-refractivity contribution in [1.82, 2.24) is 5.43 Å². The molecule has 8 nitrogen and oxygen atoms in total. The number of nitrogens with one attached hydrogen (secondary N) is 1. The molecule has 0 aliphatic heterocycles. The number of fused-ring (bicyclic) bond motifs is 1. The van der Waals surface area contributed by atoms with Gasteiger partial charge in [-0.25, -0.2) is 5.43 Å². The van der Waals surface area contributed by atoms with Crippen LogP contribution in [0.1, 0.15) is 17.2 Å². The monoisotopic (exact) mass is 452 g/mol. The fourth-order valence-corrected chi connectivity index (χ4v) is 3.35. The Balaban J connectivity index is 1.79. The summed E-state index contributed by atoms with van der Waals surface area (Å²) >= 11 is 0. The molecular weight excluding hydrogens is 424 g/mol. The van der Waals surface area contributed by atoms with E-state index in [1.54, 1.807) is 19.2 Å². The lowest BCUT2D eigenvalue weighted by atomic mass is 10.0. The predicted molar refractivity (Wildman–Crippen MR) is 126 cm³/mol. The van der Waals surface area contributed by atoms with Crippen molar-refractivity contribution in [1.29, 1.82) is 0 Å². The molecule has 33 heavy (non-hydrogen) atoms. The van der Waals surface area contributed by atoms with Crippen molar-refractivity contribution < 1.29 is 28.5 Å². The van der Waals surface area contributed by atoms with E-state index >= 15 is 0 Å². The molecule has 3 aromatic carbocycles. The second-order valence-electron chi connectivity index (χ2n) is 7.04. The van der Waals surface area contributed by atoms with Crippen molar-refractivity contribution in [2.45, 2.75) is 6.10 Å². The molecule has 1 unspecified atom stereocenters. The standard InChI is InChI=1S/C25H28N2O6/c1-29-11-12-33-23(20-10-9-18-7-5-6-8-19(18)15-20)25(28)27-26-16-17-13-21(30-2)24(32-4)22(14-17)31-3/h5-10,13-16,23H,11-12H2,1-4H3,(H,27,28)/b26-16+. The van der Waals surface area contributed by atoms with E-state index in [9.17, 15) is 4.79 Å². The van der Waals surface area contributed by atoms with Crippen molar-refractivity contribution >= 4 is 22.9 Å². The zero-order valence-corrected chi connectivity index (χ0v) is 19.2. The molecule has 0 bridgehead atoms. The van der Waals surface area contributed by atoms with Gasteiger partial charge < -0.3 is 23.7 Å². The number of hydrogen-bond acceptors (Lipinski definition) is 7. The first kappa shape index (κ1) is 24.0. The lowest BCUT2D eigenvalue weighted by molar-refractivity contribution is -0.134. The zero-order valence-electron chi connectivity index (χ0n) is 19.2. The molecule has 1 atom stereocenters. The van der Waals surface area contributed by atoms with Gasteiger partial charge >= 0.3 is 0 Å². The normalized spacial score (nSPS) is 12.0. The third-order valence-electron chi connectivity index (χ3n) is 4.96. The summed E-state index contributed by atoms with van der Waals surface area (Å²) in [6.45, 7) is 0.629. The Morgan fingerprint density at radius 1 is 0.909 bits per heavy atom. The van der Waals surface area contributed by atoms with Crippen LogP contribution in [-0.4, -0.2) is 53.8 Å². The summed E-state index contributed by atoms with van der Waals surface area (Å²) in [6.07, 6.45) is 0.650. The third-order valence-corrected chi connectivity index (χ3v) is 4.96. The number of carbonyl (C=O) groups excluding carboxylic acids is 1. The maximum absolute atomic E-state index is 13.0. The van der Waals surface area contributed by atoms with Crippen LogP contribution in [0.4, 0.5) is 0 Å². The summed E-state index contributed by atoms with van der Waals surface area (Å²) in [7, 11) is 6.18. The fourth-order valence-electron chi connectivity index (χ4n) is 3.35. The van der Waals surface area contributed by atoms with Gasteiger partial charge in [0, 0.05) is 12.7 Å². The lowest BCUT2D eigenvalue weighted by Crippen LogP contribution is -2.28. The highest BCUT2D eigenvalue weighted by atomic mass is 16.5. The number of amides is 1. The number of rotatable bonds is 11. The molecule has 0 radical (unpaired) electrons. The minimum Gasteiger partial charge on any atom is -0.493 e. The average molecular weight is 453 g/mol. The maximum atomic E-state index is 13.0. The summed E-state index contributed by atoms with van der Waals surface area (Å²) in [6, 6.07) is 17.2. The van der Waals surface area contributed by atoms with E-state index in [2.05, 4.69) is 10.5 Å². The molecule has 174 valence electrons.